The van der Waals surface area contributed by atoms with Gasteiger partial charge in [0.1, 0.15) is 5.75 Å². The van der Waals surface area contributed by atoms with E-state index in [2.05, 4.69) is 43.7 Å². The number of hydrogen-bond donors (Lipinski definition) is 0. The summed E-state index contributed by atoms with van der Waals surface area (Å²) in [6.07, 6.45) is 7.91. The summed E-state index contributed by atoms with van der Waals surface area (Å²) in [6, 6.07) is 8.25. The van der Waals surface area contributed by atoms with E-state index in [0.29, 0.717) is 0 Å². The Balaban J connectivity index is 1.72. The van der Waals surface area contributed by atoms with Crippen molar-refractivity contribution >= 4 is 17.4 Å². The summed E-state index contributed by atoms with van der Waals surface area (Å²) in [4.78, 5) is 12.1. The van der Waals surface area contributed by atoms with Crippen molar-refractivity contribution in [1.29, 1.82) is 0 Å². The molecule has 1 fully saturated rings. The first-order valence-corrected chi connectivity index (χ1v) is 11.7. The number of thioether (sulfide) groups is 1. The SMILES string of the molecule is C=C1N(c2ccc(OC)cc2)Cc2cnc(SCC3CC3)nc2C1(CC)CCC. The lowest BCUT2D eigenvalue weighted by atomic mass is 9.71. The third kappa shape index (κ3) is 3.89. The quantitative estimate of drug-likeness (QED) is 0.397. The highest BCUT2D eigenvalue weighted by Crippen LogP contribution is 2.47. The van der Waals surface area contributed by atoms with E-state index in [9.17, 15) is 0 Å². The number of ether oxygens (including phenoxy) is 1. The molecule has 4 rings (SSSR count). The molecule has 0 spiro atoms. The first-order chi connectivity index (χ1) is 14.1. The molecule has 0 amide bonds. The van der Waals surface area contributed by atoms with Gasteiger partial charge in [-0.3, -0.25) is 0 Å². The first-order valence-electron chi connectivity index (χ1n) is 10.7. The molecule has 2 heterocycles. The molecular formula is C24H31N3OS. The smallest absolute Gasteiger partial charge is 0.187 e. The Morgan fingerprint density at radius 2 is 2.00 bits per heavy atom. The van der Waals surface area contributed by atoms with E-state index in [4.69, 9.17) is 14.7 Å². The van der Waals surface area contributed by atoms with Gasteiger partial charge in [0.2, 0.25) is 0 Å². The van der Waals surface area contributed by atoms with Gasteiger partial charge in [-0.05, 0) is 55.9 Å². The van der Waals surface area contributed by atoms with Crippen LogP contribution in [-0.2, 0) is 12.0 Å². The summed E-state index contributed by atoms with van der Waals surface area (Å²) in [5.41, 5.74) is 4.57. The fourth-order valence-corrected chi connectivity index (χ4v) is 5.38. The van der Waals surface area contributed by atoms with Gasteiger partial charge in [0.25, 0.3) is 0 Å². The number of benzene rings is 1. The number of fused-ring (bicyclic) bond motifs is 1. The molecule has 1 aromatic heterocycles. The Hall–Kier alpha value is -2.01. The van der Waals surface area contributed by atoms with E-state index in [1.807, 2.05) is 23.9 Å². The number of rotatable bonds is 8. The Morgan fingerprint density at radius 1 is 1.24 bits per heavy atom. The predicted octanol–water partition coefficient (Wildman–Crippen LogP) is 5.97. The highest BCUT2D eigenvalue weighted by atomic mass is 32.2. The topological polar surface area (TPSA) is 38.2 Å². The average Bonchev–Trinajstić information content (AvgIpc) is 3.59. The van der Waals surface area contributed by atoms with E-state index in [1.54, 1.807) is 7.11 Å². The second kappa shape index (κ2) is 8.39. The van der Waals surface area contributed by atoms with Crippen LogP contribution in [0.5, 0.6) is 5.75 Å². The molecule has 2 aromatic rings. The van der Waals surface area contributed by atoms with E-state index in [1.165, 1.54) is 24.1 Å². The maximum Gasteiger partial charge on any atom is 0.187 e. The van der Waals surface area contributed by atoms with Gasteiger partial charge in [-0.2, -0.15) is 0 Å². The van der Waals surface area contributed by atoms with Gasteiger partial charge in [0.15, 0.2) is 5.16 Å². The second-order valence-electron chi connectivity index (χ2n) is 8.20. The van der Waals surface area contributed by atoms with Crippen LogP contribution in [-0.4, -0.2) is 22.8 Å². The zero-order valence-electron chi connectivity index (χ0n) is 17.8. The third-order valence-electron chi connectivity index (χ3n) is 6.31. The minimum absolute atomic E-state index is 0.139. The van der Waals surface area contributed by atoms with E-state index < -0.39 is 0 Å². The lowest BCUT2D eigenvalue weighted by Crippen LogP contribution is -2.44. The summed E-state index contributed by atoms with van der Waals surface area (Å²) in [6.45, 7) is 9.88. The maximum atomic E-state index is 5.33. The lowest BCUT2D eigenvalue weighted by molar-refractivity contribution is 0.393. The van der Waals surface area contributed by atoms with Crippen molar-refractivity contribution in [2.45, 2.75) is 63.1 Å². The Morgan fingerprint density at radius 3 is 2.62 bits per heavy atom. The molecule has 0 N–H and O–H groups in total. The molecular weight excluding hydrogens is 378 g/mol. The summed E-state index contributed by atoms with van der Waals surface area (Å²) < 4.78 is 5.33. The summed E-state index contributed by atoms with van der Waals surface area (Å²) >= 11 is 1.82. The van der Waals surface area contributed by atoms with Crippen LogP contribution in [0.25, 0.3) is 0 Å². The monoisotopic (exact) mass is 409 g/mol. The van der Waals surface area contributed by atoms with Crippen LogP contribution in [0.3, 0.4) is 0 Å². The van der Waals surface area contributed by atoms with Crippen LogP contribution in [0.1, 0.15) is 57.2 Å². The van der Waals surface area contributed by atoms with Gasteiger partial charge in [-0.15, -0.1) is 0 Å². The number of hydrogen-bond acceptors (Lipinski definition) is 5. The normalized spacial score (nSPS) is 21.2. The molecule has 1 saturated carbocycles. The van der Waals surface area contributed by atoms with Crippen molar-refractivity contribution in [2.24, 2.45) is 5.92 Å². The van der Waals surface area contributed by atoms with Crippen LogP contribution in [0.15, 0.2) is 47.9 Å². The number of anilines is 1. The van der Waals surface area contributed by atoms with E-state index in [0.717, 1.165) is 59.8 Å². The van der Waals surface area contributed by atoms with Gasteiger partial charge in [0, 0.05) is 28.9 Å². The Labute approximate surface area is 178 Å². The van der Waals surface area contributed by atoms with Crippen molar-refractivity contribution < 1.29 is 4.74 Å². The fourth-order valence-electron chi connectivity index (χ4n) is 4.37. The van der Waals surface area contributed by atoms with Crippen molar-refractivity contribution in [2.75, 3.05) is 17.8 Å². The molecule has 0 radical (unpaired) electrons. The van der Waals surface area contributed by atoms with Crippen LogP contribution in [0, 0.1) is 5.92 Å². The van der Waals surface area contributed by atoms with Crippen LogP contribution >= 0.6 is 11.8 Å². The number of nitrogens with zero attached hydrogens (tertiary/aromatic N) is 3. The number of aromatic nitrogens is 2. The van der Waals surface area contributed by atoms with Crippen LogP contribution < -0.4 is 9.64 Å². The molecule has 5 heteroatoms. The molecule has 0 bridgehead atoms. The van der Waals surface area contributed by atoms with Gasteiger partial charge < -0.3 is 9.64 Å². The summed E-state index contributed by atoms with van der Waals surface area (Å²) in [5, 5.41) is 0.926. The predicted molar refractivity (Wildman–Crippen MR) is 121 cm³/mol. The molecule has 154 valence electrons. The molecule has 1 aliphatic heterocycles. The zero-order chi connectivity index (χ0) is 20.4. The van der Waals surface area contributed by atoms with Crippen molar-refractivity contribution in [3.05, 3.63) is 54.0 Å². The summed E-state index contributed by atoms with van der Waals surface area (Å²) in [7, 11) is 1.70. The van der Waals surface area contributed by atoms with Gasteiger partial charge in [-0.25, -0.2) is 9.97 Å². The maximum absolute atomic E-state index is 5.33. The molecule has 2 aliphatic rings. The minimum atomic E-state index is -0.139. The highest BCUT2D eigenvalue weighted by Gasteiger charge is 2.43. The third-order valence-corrected chi connectivity index (χ3v) is 7.40. The molecule has 0 saturated heterocycles. The number of allylic oxidation sites excluding steroid dienone is 1. The molecule has 1 aliphatic carbocycles. The van der Waals surface area contributed by atoms with E-state index in [-0.39, 0.29) is 5.41 Å². The Kier molecular flexibility index (Phi) is 5.86. The molecule has 1 aromatic carbocycles. The van der Waals surface area contributed by atoms with Crippen LogP contribution in [0.2, 0.25) is 0 Å². The van der Waals surface area contributed by atoms with Crippen molar-refractivity contribution in [3.8, 4) is 5.75 Å². The van der Waals surface area contributed by atoms with E-state index >= 15 is 0 Å². The molecule has 29 heavy (non-hydrogen) atoms. The van der Waals surface area contributed by atoms with Gasteiger partial charge in [0.05, 0.1) is 24.8 Å². The lowest BCUT2D eigenvalue weighted by Gasteiger charge is -2.46. The van der Waals surface area contributed by atoms with Crippen molar-refractivity contribution in [1.82, 2.24) is 9.97 Å². The highest BCUT2D eigenvalue weighted by molar-refractivity contribution is 7.99. The van der Waals surface area contributed by atoms with Crippen molar-refractivity contribution in [3.63, 3.8) is 0 Å². The van der Waals surface area contributed by atoms with Crippen LogP contribution in [0.4, 0.5) is 5.69 Å². The zero-order valence-corrected chi connectivity index (χ0v) is 18.6. The number of methoxy groups -OCH3 is 1. The average molecular weight is 410 g/mol. The second-order valence-corrected chi connectivity index (χ2v) is 9.18. The first kappa shape index (κ1) is 20.3. The Bertz CT molecular complexity index is 878. The standard InChI is InChI=1S/C24H31N3OS/c1-5-13-24(6-2)17(3)27(20-9-11-21(28-4)12-10-20)15-19-14-25-23(26-22(19)24)29-16-18-7-8-18/h9-12,14,18H,3,5-8,13,15-16H2,1-2,4H3. The van der Waals surface area contributed by atoms with Gasteiger partial charge in [-0.1, -0.05) is 38.6 Å². The molecule has 4 nitrogen and oxygen atoms in total. The van der Waals surface area contributed by atoms with Gasteiger partial charge >= 0.3 is 0 Å². The largest absolute Gasteiger partial charge is 0.497 e. The molecule has 1 unspecified atom stereocenters. The summed E-state index contributed by atoms with van der Waals surface area (Å²) in [5.74, 6) is 2.88. The fraction of sp³-hybridized carbons (Fsp3) is 0.500. The molecule has 1 atom stereocenters. The minimum Gasteiger partial charge on any atom is -0.497 e.